The smallest absolute Gasteiger partial charge is 0.124 e. The lowest BCUT2D eigenvalue weighted by atomic mass is 10.1. The summed E-state index contributed by atoms with van der Waals surface area (Å²) in [5, 5.41) is 0. The van der Waals surface area contributed by atoms with Gasteiger partial charge in [0.05, 0.1) is 5.69 Å². The van der Waals surface area contributed by atoms with Gasteiger partial charge in [-0.05, 0) is 31.9 Å². The average Bonchev–Trinajstić information content (AvgIpc) is 2.25. The molecule has 0 aliphatic rings. The first kappa shape index (κ1) is 13.9. The molecule has 0 atom stereocenters. The first-order valence-corrected chi connectivity index (χ1v) is 6.35. The highest BCUT2D eigenvalue weighted by Crippen LogP contribution is 2.21. The molecule has 0 aromatic carbocycles. The molecule has 0 radical (unpaired) electrons. The molecule has 0 aliphatic carbocycles. The van der Waals surface area contributed by atoms with Gasteiger partial charge in [-0.3, -0.25) is 4.98 Å². The van der Waals surface area contributed by atoms with Crippen molar-refractivity contribution < 1.29 is 0 Å². The van der Waals surface area contributed by atoms with Crippen LogP contribution < -0.4 is 10.6 Å². The molecule has 0 fully saturated rings. The van der Waals surface area contributed by atoms with Crippen LogP contribution in [0, 0.1) is 5.92 Å². The van der Waals surface area contributed by atoms with Gasteiger partial charge in [-0.25, -0.2) is 0 Å². The van der Waals surface area contributed by atoms with Crippen LogP contribution >= 0.6 is 12.2 Å². The van der Waals surface area contributed by atoms with Gasteiger partial charge < -0.3 is 10.6 Å². The summed E-state index contributed by atoms with van der Waals surface area (Å²) in [7, 11) is 0. The van der Waals surface area contributed by atoms with E-state index in [4.69, 9.17) is 18.0 Å². The van der Waals surface area contributed by atoms with Crippen LogP contribution in [0.1, 0.15) is 33.4 Å². The molecular formula is C13H21N3S. The Balaban J connectivity index is 3.13. The summed E-state index contributed by atoms with van der Waals surface area (Å²) in [4.78, 5) is 6.94. The van der Waals surface area contributed by atoms with Crippen LogP contribution in [0.5, 0.6) is 0 Å². The summed E-state index contributed by atoms with van der Waals surface area (Å²) in [5.41, 5.74) is 7.48. The maximum absolute atomic E-state index is 5.73. The van der Waals surface area contributed by atoms with E-state index in [1.807, 2.05) is 12.1 Å². The number of nitrogens with two attached hydrogens (primary N) is 1. The second kappa shape index (κ2) is 5.96. The van der Waals surface area contributed by atoms with Crippen molar-refractivity contribution in [2.24, 2.45) is 11.7 Å². The predicted molar refractivity (Wildman–Crippen MR) is 77.4 cm³/mol. The van der Waals surface area contributed by atoms with Crippen molar-refractivity contribution in [2.45, 2.75) is 33.7 Å². The molecule has 0 amide bonds. The minimum atomic E-state index is 0.356. The summed E-state index contributed by atoms with van der Waals surface area (Å²) < 4.78 is 0. The molecule has 0 saturated carbocycles. The summed E-state index contributed by atoms with van der Waals surface area (Å²) in [6.07, 6.45) is 1.73. The van der Waals surface area contributed by atoms with Gasteiger partial charge in [-0.2, -0.15) is 0 Å². The monoisotopic (exact) mass is 251 g/mol. The third-order valence-electron chi connectivity index (χ3n) is 2.51. The highest BCUT2D eigenvalue weighted by Gasteiger charge is 2.17. The number of hydrogen-bond acceptors (Lipinski definition) is 3. The largest absolute Gasteiger partial charge is 0.388 e. The third kappa shape index (κ3) is 3.66. The van der Waals surface area contributed by atoms with E-state index in [9.17, 15) is 0 Å². The van der Waals surface area contributed by atoms with Gasteiger partial charge >= 0.3 is 0 Å². The van der Waals surface area contributed by atoms with E-state index in [0.717, 1.165) is 17.9 Å². The minimum Gasteiger partial charge on any atom is -0.388 e. The van der Waals surface area contributed by atoms with Crippen LogP contribution in [-0.4, -0.2) is 22.6 Å². The van der Waals surface area contributed by atoms with Gasteiger partial charge in [0.1, 0.15) is 10.7 Å². The Hall–Kier alpha value is -1.16. The molecule has 1 heterocycles. The molecule has 3 nitrogen and oxygen atoms in total. The number of nitrogens with zero attached hydrogens (tertiary/aromatic N) is 2. The summed E-state index contributed by atoms with van der Waals surface area (Å²) in [5.74, 6) is 0.580. The van der Waals surface area contributed by atoms with E-state index in [1.165, 1.54) is 0 Å². The Bertz CT molecular complexity index is 388. The lowest BCUT2D eigenvalue weighted by molar-refractivity contribution is 0.570. The van der Waals surface area contributed by atoms with Crippen molar-refractivity contribution in [1.82, 2.24) is 4.98 Å². The first-order valence-electron chi connectivity index (χ1n) is 5.95. The van der Waals surface area contributed by atoms with Crippen LogP contribution in [0.15, 0.2) is 18.3 Å². The van der Waals surface area contributed by atoms with E-state index >= 15 is 0 Å². The average molecular weight is 251 g/mol. The van der Waals surface area contributed by atoms with Crippen molar-refractivity contribution in [3.63, 3.8) is 0 Å². The van der Waals surface area contributed by atoms with Gasteiger partial charge in [0.25, 0.3) is 0 Å². The lowest BCUT2D eigenvalue weighted by Gasteiger charge is -2.31. The molecule has 0 spiro atoms. The maximum Gasteiger partial charge on any atom is 0.124 e. The van der Waals surface area contributed by atoms with E-state index in [1.54, 1.807) is 6.20 Å². The third-order valence-corrected chi connectivity index (χ3v) is 2.71. The first-order chi connectivity index (χ1) is 7.93. The Kier molecular flexibility index (Phi) is 4.87. The molecule has 4 heteroatoms. The van der Waals surface area contributed by atoms with Gasteiger partial charge in [0, 0.05) is 18.8 Å². The quantitative estimate of drug-likeness (QED) is 0.817. The lowest BCUT2D eigenvalue weighted by Crippen LogP contribution is -2.36. The summed E-state index contributed by atoms with van der Waals surface area (Å²) in [6.45, 7) is 9.70. The zero-order valence-electron chi connectivity index (χ0n) is 11.0. The molecule has 2 N–H and O–H groups in total. The molecular weight excluding hydrogens is 230 g/mol. The SMILES string of the molecule is CC(C)CN(c1cccnc1C(N)=S)C(C)C. The molecule has 0 saturated heterocycles. The Morgan fingerprint density at radius 3 is 2.53 bits per heavy atom. The van der Waals surface area contributed by atoms with Crippen LogP contribution in [0.25, 0.3) is 0 Å². The van der Waals surface area contributed by atoms with Crippen molar-refractivity contribution in [1.29, 1.82) is 0 Å². The topological polar surface area (TPSA) is 42.2 Å². The summed E-state index contributed by atoms with van der Waals surface area (Å²) >= 11 is 5.06. The number of aromatic nitrogens is 1. The molecule has 1 rings (SSSR count). The number of anilines is 1. The van der Waals surface area contributed by atoms with Gasteiger partial charge in [-0.15, -0.1) is 0 Å². The zero-order valence-corrected chi connectivity index (χ0v) is 11.8. The molecule has 94 valence electrons. The Morgan fingerprint density at radius 2 is 2.06 bits per heavy atom. The van der Waals surface area contributed by atoms with Gasteiger partial charge in [-0.1, -0.05) is 26.1 Å². The minimum absolute atomic E-state index is 0.356. The second-order valence-corrected chi connectivity index (χ2v) is 5.32. The molecule has 0 bridgehead atoms. The van der Waals surface area contributed by atoms with E-state index in [0.29, 0.717) is 16.9 Å². The van der Waals surface area contributed by atoms with Crippen molar-refractivity contribution in [2.75, 3.05) is 11.4 Å². The van der Waals surface area contributed by atoms with E-state index in [-0.39, 0.29) is 0 Å². The maximum atomic E-state index is 5.73. The van der Waals surface area contributed by atoms with Crippen LogP contribution in [0.4, 0.5) is 5.69 Å². The Morgan fingerprint density at radius 1 is 1.41 bits per heavy atom. The zero-order chi connectivity index (χ0) is 13.0. The fourth-order valence-corrected chi connectivity index (χ4v) is 1.96. The predicted octanol–water partition coefficient (Wildman–Crippen LogP) is 2.59. The number of pyridine rings is 1. The fourth-order valence-electron chi connectivity index (χ4n) is 1.80. The molecule has 17 heavy (non-hydrogen) atoms. The standard InChI is InChI=1S/C13H21N3S/c1-9(2)8-16(10(3)4)11-6-5-7-15-12(11)13(14)17/h5-7,9-10H,8H2,1-4H3,(H2,14,17). The molecule has 1 aromatic heterocycles. The molecule has 0 unspecified atom stereocenters. The van der Waals surface area contributed by atoms with Crippen molar-refractivity contribution >= 4 is 22.9 Å². The van der Waals surface area contributed by atoms with Crippen molar-refractivity contribution in [3.8, 4) is 0 Å². The second-order valence-electron chi connectivity index (χ2n) is 4.88. The number of thiocarbonyl (C=S) groups is 1. The highest BCUT2D eigenvalue weighted by molar-refractivity contribution is 7.80. The van der Waals surface area contributed by atoms with Gasteiger partial charge in [0.15, 0.2) is 0 Å². The van der Waals surface area contributed by atoms with Gasteiger partial charge in [0.2, 0.25) is 0 Å². The van der Waals surface area contributed by atoms with Crippen LogP contribution in [-0.2, 0) is 0 Å². The van der Waals surface area contributed by atoms with Crippen LogP contribution in [0.3, 0.4) is 0 Å². The fraction of sp³-hybridized carbons (Fsp3) is 0.538. The molecule has 1 aromatic rings. The normalized spacial score (nSPS) is 10.9. The number of rotatable bonds is 5. The van der Waals surface area contributed by atoms with Crippen molar-refractivity contribution in [3.05, 3.63) is 24.0 Å². The number of hydrogen-bond donors (Lipinski definition) is 1. The molecule has 0 aliphatic heterocycles. The Labute approximate surface area is 109 Å². The summed E-state index contributed by atoms with van der Waals surface area (Å²) in [6, 6.07) is 4.35. The van der Waals surface area contributed by atoms with Crippen LogP contribution in [0.2, 0.25) is 0 Å². The highest BCUT2D eigenvalue weighted by atomic mass is 32.1. The van der Waals surface area contributed by atoms with E-state index < -0.39 is 0 Å². The van der Waals surface area contributed by atoms with E-state index in [2.05, 4.69) is 37.6 Å².